The Bertz CT molecular complexity index is 1090. The van der Waals surface area contributed by atoms with Crippen LogP contribution in [-0.2, 0) is 9.84 Å². The second-order valence-electron chi connectivity index (χ2n) is 5.59. The minimum atomic E-state index is -4.03. The van der Waals surface area contributed by atoms with Gasteiger partial charge in [-0.3, -0.25) is 4.98 Å². The molecule has 8 heteroatoms. The summed E-state index contributed by atoms with van der Waals surface area (Å²) in [5.74, 6) is -2.32. The third kappa shape index (κ3) is 3.58. The summed E-state index contributed by atoms with van der Waals surface area (Å²) in [7, 11) is -4.03. The standard InChI is InChI=1S/C18H11Cl2F2NO2S/c1-26(24,25)18-16(21)7-11(8-17(18)22)13-9-23-5-4-12(13)10-2-3-14(19)15(20)6-10/h2-9H,1H3. The Morgan fingerprint density at radius 1 is 0.885 bits per heavy atom. The van der Waals surface area contributed by atoms with Crippen LogP contribution in [0.4, 0.5) is 8.78 Å². The van der Waals surface area contributed by atoms with Gasteiger partial charge in [-0.25, -0.2) is 17.2 Å². The van der Waals surface area contributed by atoms with Crippen molar-refractivity contribution in [3.63, 3.8) is 0 Å². The van der Waals surface area contributed by atoms with E-state index in [0.717, 1.165) is 18.4 Å². The molecule has 0 spiro atoms. The molecule has 1 heterocycles. The summed E-state index contributed by atoms with van der Waals surface area (Å²) in [5, 5.41) is 0.706. The molecule has 0 aliphatic rings. The van der Waals surface area contributed by atoms with Gasteiger partial charge < -0.3 is 0 Å². The first-order valence-corrected chi connectivity index (χ1v) is 9.92. The second-order valence-corrected chi connectivity index (χ2v) is 8.36. The van der Waals surface area contributed by atoms with E-state index in [0.29, 0.717) is 26.7 Å². The van der Waals surface area contributed by atoms with Gasteiger partial charge in [0.15, 0.2) is 9.84 Å². The fourth-order valence-corrected chi connectivity index (χ4v) is 3.73. The van der Waals surface area contributed by atoms with Gasteiger partial charge in [0.25, 0.3) is 0 Å². The number of hydrogen-bond acceptors (Lipinski definition) is 3. The molecular formula is C18H11Cl2F2NO2S. The van der Waals surface area contributed by atoms with Crippen LogP contribution in [-0.4, -0.2) is 19.7 Å². The molecule has 1 aromatic heterocycles. The van der Waals surface area contributed by atoms with Crippen molar-refractivity contribution in [3.05, 3.63) is 70.5 Å². The number of halogens is 4. The largest absolute Gasteiger partial charge is 0.264 e. The van der Waals surface area contributed by atoms with Crippen LogP contribution in [0.3, 0.4) is 0 Å². The van der Waals surface area contributed by atoms with Crippen LogP contribution in [0.25, 0.3) is 22.3 Å². The van der Waals surface area contributed by atoms with E-state index >= 15 is 0 Å². The van der Waals surface area contributed by atoms with Crippen molar-refractivity contribution in [2.24, 2.45) is 0 Å². The van der Waals surface area contributed by atoms with E-state index in [9.17, 15) is 17.2 Å². The first-order valence-electron chi connectivity index (χ1n) is 7.27. The SMILES string of the molecule is CS(=O)(=O)c1c(F)cc(-c2cnccc2-c2ccc(Cl)c(Cl)c2)cc1F. The van der Waals surface area contributed by atoms with E-state index in [1.165, 1.54) is 12.4 Å². The Kier molecular flexibility index (Phi) is 5.01. The highest BCUT2D eigenvalue weighted by Gasteiger charge is 2.22. The summed E-state index contributed by atoms with van der Waals surface area (Å²) < 4.78 is 51.7. The van der Waals surface area contributed by atoms with Gasteiger partial charge in [0, 0.05) is 24.2 Å². The maximum Gasteiger partial charge on any atom is 0.181 e. The molecular weight excluding hydrogens is 403 g/mol. The second kappa shape index (κ2) is 6.95. The van der Waals surface area contributed by atoms with Crippen LogP contribution >= 0.6 is 23.2 Å². The Hall–Kier alpha value is -2.02. The van der Waals surface area contributed by atoms with Gasteiger partial charge in [-0.2, -0.15) is 0 Å². The lowest BCUT2D eigenvalue weighted by Crippen LogP contribution is -2.05. The van der Waals surface area contributed by atoms with Crippen LogP contribution in [0.1, 0.15) is 0 Å². The van der Waals surface area contributed by atoms with Crippen LogP contribution < -0.4 is 0 Å². The predicted molar refractivity (Wildman–Crippen MR) is 98.2 cm³/mol. The zero-order valence-corrected chi connectivity index (χ0v) is 15.6. The lowest BCUT2D eigenvalue weighted by Gasteiger charge is -2.12. The van der Waals surface area contributed by atoms with E-state index in [-0.39, 0.29) is 5.56 Å². The molecule has 3 nitrogen and oxygen atoms in total. The number of hydrogen-bond donors (Lipinski definition) is 0. The van der Waals surface area contributed by atoms with Gasteiger partial charge in [-0.1, -0.05) is 29.3 Å². The molecule has 134 valence electrons. The molecule has 0 fully saturated rings. The molecule has 0 unspecified atom stereocenters. The minimum Gasteiger partial charge on any atom is -0.264 e. The summed E-state index contributed by atoms with van der Waals surface area (Å²) in [6.07, 6.45) is 3.71. The zero-order chi connectivity index (χ0) is 19.1. The maximum atomic E-state index is 14.3. The number of nitrogens with zero attached hydrogens (tertiary/aromatic N) is 1. The highest BCUT2D eigenvalue weighted by atomic mass is 35.5. The topological polar surface area (TPSA) is 47.0 Å². The van der Waals surface area contributed by atoms with Gasteiger partial charge in [0.2, 0.25) is 0 Å². The summed E-state index contributed by atoms with van der Waals surface area (Å²) in [6.45, 7) is 0. The van der Waals surface area contributed by atoms with Crippen molar-refractivity contribution in [3.8, 4) is 22.3 Å². The molecule has 0 saturated heterocycles. The van der Waals surface area contributed by atoms with Crippen molar-refractivity contribution in [1.29, 1.82) is 0 Å². The average Bonchev–Trinajstić information content (AvgIpc) is 2.55. The molecule has 0 saturated carbocycles. The molecule has 0 amide bonds. The minimum absolute atomic E-state index is 0.154. The highest BCUT2D eigenvalue weighted by Crippen LogP contribution is 2.36. The quantitative estimate of drug-likeness (QED) is 0.576. The first-order chi connectivity index (χ1) is 12.2. The first kappa shape index (κ1) is 18.8. The van der Waals surface area contributed by atoms with E-state index in [1.807, 2.05) is 0 Å². The Morgan fingerprint density at radius 3 is 2.12 bits per heavy atom. The molecule has 3 aromatic rings. The van der Waals surface area contributed by atoms with Crippen LogP contribution in [0.15, 0.2) is 53.7 Å². The molecule has 0 bridgehead atoms. The summed E-state index contributed by atoms with van der Waals surface area (Å²) >= 11 is 12.0. The third-order valence-corrected chi connectivity index (χ3v) is 5.60. The summed E-state index contributed by atoms with van der Waals surface area (Å²) in [5.41, 5.74) is 1.86. The van der Waals surface area contributed by atoms with E-state index < -0.39 is 26.4 Å². The number of aromatic nitrogens is 1. The van der Waals surface area contributed by atoms with Gasteiger partial charge in [-0.05, 0) is 47.0 Å². The molecule has 2 aromatic carbocycles. The molecule has 26 heavy (non-hydrogen) atoms. The number of benzene rings is 2. The fraction of sp³-hybridized carbons (Fsp3) is 0.0556. The molecule has 0 N–H and O–H groups in total. The summed E-state index contributed by atoms with van der Waals surface area (Å²) in [6, 6.07) is 8.55. The van der Waals surface area contributed by atoms with Gasteiger partial charge in [0.1, 0.15) is 16.5 Å². The molecule has 0 atom stereocenters. The maximum absolute atomic E-state index is 14.3. The van der Waals surface area contributed by atoms with Crippen molar-refractivity contribution in [1.82, 2.24) is 4.98 Å². The highest BCUT2D eigenvalue weighted by molar-refractivity contribution is 7.90. The van der Waals surface area contributed by atoms with Gasteiger partial charge >= 0.3 is 0 Å². The monoisotopic (exact) mass is 413 g/mol. The smallest absolute Gasteiger partial charge is 0.181 e. The zero-order valence-electron chi connectivity index (χ0n) is 13.3. The molecule has 3 rings (SSSR count). The molecule has 0 aliphatic heterocycles. The van der Waals surface area contributed by atoms with Gasteiger partial charge in [-0.15, -0.1) is 0 Å². The number of pyridine rings is 1. The lowest BCUT2D eigenvalue weighted by molar-refractivity contribution is 0.522. The third-order valence-electron chi connectivity index (χ3n) is 3.73. The Balaban J connectivity index is 2.22. The van der Waals surface area contributed by atoms with Crippen LogP contribution in [0, 0.1) is 11.6 Å². The van der Waals surface area contributed by atoms with Crippen molar-refractivity contribution < 1.29 is 17.2 Å². The van der Waals surface area contributed by atoms with Gasteiger partial charge in [0.05, 0.1) is 10.0 Å². The molecule has 0 aliphatic carbocycles. The normalized spacial score (nSPS) is 11.6. The fourth-order valence-electron chi connectivity index (χ4n) is 2.61. The van der Waals surface area contributed by atoms with E-state index in [1.54, 1.807) is 24.3 Å². The van der Waals surface area contributed by atoms with Crippen LogP contribution in [0.2, 0.25) is 10.0 Å². The summed E-state index contributed by atoms with van der Waals surface area (Å²) in [4.78, 5) is 3.04. The van der Waals surface area contributed by atoms with Crippen LogP contribution in [0.5, 0.6) is 0 Å². The average molecular weight is 414 g/mol. The van der Waals surface area contributed by atoms with Crippen molar-refractivity contribution >= 4 is 33.0 Å². The van der Waals surface area contributed by atoms with Crippen molar-refractivity contribution in [2.75, 3.05) is 6.26 Å². The van der Waals surface area contributed by atoms with E-state index in [2.05, 4.69) is 4.98 Å². The van der Waals surface area contributed by atoms with E-state index in [4.69, 9.17) is 23.2 Å². The predicted octanol–water partition coefficient (Wildman–Crippen LogP) is 5.40. The number of rotatable bonds is 3. The van der Waals surface area contributed by atoms with Crippen molar-refractivity contribution in [2.45, 2.75) is 4.90 Å². The number of sulfone groups is 1. The lowest BCUT2D eigenvalue weighted by atomic mass is 9.96. The Labute approximate surface area is 159 Å². The Morgan fingerprint density at radius 2 is 1.54 bits per heavy atom. The molecule has 0 radical (unpaired) electrons.